The number of esters is 1. The van der Waals surface area contributed by atoms with Crippen LogP contribution in [0.5, 0.6) is 0 Å². The molecule has 0 bridgehead atoms. The molecule has 0 aliphatic heterocycles. The largest absolute Gasteiger partial charge is 0.457 e. The Kier molecular flexibility index (Phi) is 4.47. The van der Waals surface area contributed by atoms with Crippen molar-refractivity contribution in [3.05, 3.63) is 63.4 Å². The number of halogens is 3. The Bertz CT molecular complexity index is 662. The van der Waals surface area contributed by atoms with E-state index >= 15 is 0 Å². The molecule has 2 rings (SSSR count). The highest BCUT2D eigenvalue weighted by Crippen LogP contribution is 2.22. The number of carbonyl (C=O) groups excluding carboxylic acids is 1. The second kappa shape index (κ2) is 6.11. The van der Waals surface area contributed by atoms with E-state index < -0.39 is 11.8 Å². The molecule has 6 heteroatoms. The fourth-order valence-corrected chi connectivity index (χ4v) is 1.96. The number of carbonyl (C=O) groups is 1. The summed E-state index contributed by atoms with van der Waals surface area (Å²) in [6, 6.07) is 8.31. The predicted molar refractivity (Wildman–Crippen MR) is 76.4 cm³/mol. The highest BCUT2D eigenvalue weighted by atomic mass is 35.5. The van der Waals surface area contributed by atoms with Gasteiger partial charge in [0.1, 0.15) is 12.4 Å². The maximum absolute atomic E-state index is 12.9. The lowest BCUT2D eigenvalue weighted by Gasteiger charge is -2.08. The number of hydrogen-bond donors (Lipinski definition) is 1. The molecule has 0 spiro atoms. The van der Waals surface area contributed by atoms with Gasteiger partial charge in [-0.1, -0.05) is 23.2 Å². The van der Waals surface area contributed by atoms with Crippen LogP contribution in [-0.2, 0) is 11.3 Å². The van der Waals surface area contributed by atoms with Crippen molar-refractivity contribution in [3.63, 3.8) is 0 Å². The van der Waals surface area contributed by atoms with Crippen molar-refractivity contribution in [2.75, 3.05) is 5.73 Å². The molecule has 3 nitrogen and oxygen atoms in total. The maximum atomic E-state index is 12.9. The summed E-state index contributed by atoms with van der Waals surface area (Å²) in [6.07, 6.45) is 0. The molecular formula is C14H10Cl2FNO2. The molecule has 104 valence electrons. The average Bonchev–Trinajstić information content (AvgIpc) is 2.39. The van der Waals surface area contributed by atoms with E-state index in [0.29, 0.717) is 15.6 Å². The van der Waals surface area contributed by atoms with Gasteiger partial charge in [0, 0.05) is 21.3 Å². The van der Waals surface area contributed by atoms with Gasteiger partial charge in [0.05, 0.1) is 5.56 Å². The van der Waals surface area contributed by atoms with Gasteiger partial charge < -0.3 is 10.5 Å². The van der Waals surface area contributed by atoms with E-state index in [2.05, 4.69) is 0 Å². The number of anilines is 1. The van der Waals surface area contributed by atoms with E-state index in [1.54, 1.807) is 18.2 Å². The molecule has 0 aliphatic rings. The molecule has 0 heterocycles. The molecule has 0 amide bonds. The minimum absolute atomic E-state index is 0.0205. The standard InChI is InChI=1S/C14H10Cl2FNO2/c15-9-1-4-12(16)8(5-9)7-20-14(19)11-3-2-10(17)6-13(11)18/h1-6H,7,18H2. The van der Waals surface area contributed by atoms with Crippen LogP contribution in [0.25, 0.3) is 0 Å². The molecule has 0 radical (unpaired) electrons. The monoisotopic (exact) mass is 313 g/mol. The summed E-state index contributed by atoms with van der Waals surface area (Å²) < 4.78 is 18.0. The van der Waals surface area contributed by atoms with Gasteiger partial charge in [-0.15, -0.1) is 0 Å². The average molecular weight is 314 g/mol. The third kappa shape index (κ3) is 3.40. The number of benzene rings is 2. The van der Waals surface area contributed by atoms with Crippen LogP contribution in [-0.4, -0.2) is 5.97 Å². The van der Waals surface area contributed by atoms with Crippen molar-refractivity contribution < 1.29 is 13.9 Å². The Balaban J connectivity index is 2.10. The number of nitrogens with two attached hydrogens (primary N) is 1. The van der Waals surface area contributed by atoms with E-state index in [1.165, 1.54) is 6.07 Å². The Labute approximate surface area is 125 Å². The minimum atomic E-state index is -0.654. The highest BCUT2D eigenvalue weighted by molar-refractivity contribution is 6.33. The summed E-state index contributed by atoms with van der Waals surface area (Å²) >= 11 is 11.8. The van der Waals surface area contributed by atoms with Gasteiger partial charge in [0.25, 0.3) is 0 Å². The van der Waals surface area contributed by atoms with E-state index in [9.17, 15) is 9.18 Å². The molecule has 2 N–H and O–H groups in total. The zero-order chi connectivity index (χ0) is 14.7. The molecule has 2 aromatic carbocycles. The van der Waals surface area contributed by atoms with Crippen LogP contribution >= 0.6 is 23.2 Å². The smallest absolute Gasteiger partial charge is 0.340 e. The van der Waals surface area contributed by atoms with Gasteiger partial charge in [0.15, 0.2) is 0 Å². The Hall–Kier alpha value is -1.78. The summed E-state index contributed by atoms with van der Waals surface area (Å²) in [5, 5.41) is 0.927. The van der Waals surface area contributed by atoms with Crippen LogP contribution in [0.3, 0.4) is 0 Å². The molecule has 2 aromatic rings. The lowest BCUT2D eigenvalue weighted by molar-refractivity contribution is 0.0474. The molecular weight excluding hydrogens is 304 g/mol. The molecule has 0 aromatic heterocycles. The fourth-order valence-electron chi connectivity index (χ4n) is 1.59. The Morgan fingerprint density at radius 1 is 1.20 bits per heavy atom. The third-order valence-corrected chi connectivity index (χ3v) is 3.20. The second-order valence-electron chi connectivity index (χ2n) is 4.04. The van der Waals surface area contributed by atoms with E-state index in [1.807, 2.05) is 0 Å². The zero-order valence-corrected chi connectivity index (χ0v) is 11.7. The van der Waals surface area contributed by atoms with Gasteiger partial charge in [-0.25, -0.2) is 9.18 Å². The number of hydrogen-bond acceptors (Lipinski definition) is 3. The van der Waals surface area contributed by atoms with Crippen LogP contribution in [0.1, 0.15) is 15.9 Å². The SMILES string of the molecule is Nc1cc(F)ccc1C(=O)OCc1cc(Cl)ccc1Cl. The van der Waals surface area contributed by atoms with Crippen LogP contribution in [0, 0.1) is 5.82 Å². The van der Waals surface area contributed by atoms with Crippen LogP contribution in [0.4, 0.5) is 10.1 Å². The second-order valence-corrected chi connectivity index (χ2v) is 4.89. The van der Waals surface area contributed by atoms with E-state index in [-0.39, 0.29) is 17.9 Å². The lowest BCUT2D eigenvalue weighted by atomic mass is 10.2. The van der Waals surface area contributed by atoms with Gasteiger partial charge in [0.2, 0.25) is 0 Å². The Morgan fingerprint density at radius 2 is 1.95 bits per heavy atom. The van der Waals surface area contributed by atoms with Gasteiger partial charge in [-0.2, -0.15) is 0 Å². The summed E-state index contributed by atoms with van der Waals surface area (Å²) in [5.41, 5.74) is 6.26. The summed E-state index contributed by atoms with van der Waals surface area (Å²) in [5.74, 6) is -1.17. The molecule has 0 saturated carbocycles. The molecule has 0 aliphatic carbocycles. The van der Waals surface area contributed by atoms with Crippen molar-refractivity contribution in [1.29, 1.82) is 0 Å². The first-order valence-corrected chi connectivity index (χ1v) is 6.39. The quantitative estimate of drug-likeness (QED) is 0.686. The van der Waals surface area contributed by atoms with Crippen molar-refractivity contribution in [3.8, 4) is 0 Å². The summed E-state index contributed by atoms with van der Waals surface area (Å²) in [7, 11) is 0. The number of ether oxygens (including phenoxy) is 1. The Morgan fingerprint density at radius 3 is 2.65 bits per heavy atom. The first-order chi connectivity index (χ1) is 9.47. The summed E-state index contributed by atoms with van der Waals surface area (Å²) in [6.45, 7) is -0.0466. The van der Waals surface area contributed by atoms with Gasteiger partial charge >= 0.3 is 5.97 Å². The highest BCUT2D eigenvalue weighted by Gasteiger charge is 2.13. The predicted octanol–water partition coefficient (Wildman–Crippen LogP) is 4.07. The van der Waals surface area contributed by atoms with Gasteiger partial charge in [-0.3, -0.25) is 0 Å². The number of rotatable bonds is 3. The normalized spacial score (nSPS) is 10.3. The van der Waals surface area contributed by atoms with Crippen molar-refractivity contribution in [1.82, 2.24) is 0 Å². The van der Waals surface area contributed by atoms with Crippen LogP contribution in [0.2, 0.25) is 10.0 Å². The summed E-state index contributed by atoms with van der Waals surface area (Å²) in [4.78, 5) is 11.8. The maximum Gasteiger partial charge on any atom is 0.340 e. The zero-order valence-electron chi connectivity index (χ0n) is 10.2. The molecule has 0 atom stereocenters. The first-order valence-electron chi connectivity index (χ1n) is 5.63. The van der Waals surface area contributed by atoms with Gasteiger partial charge in [-0.05, 0) is 36.4 Å². The first kappa shape index (κ1) is 14.6. The fraction of sp³-hybridized carbons (Fsp3) is 0.0714. The van der Waals surface area contributed by atoms with Crippen LogP contribution in [0.15, 0.2) is 36.4 Å². The van der Waals surface area contributed by atoms with Crippen molar-refractivity contribution in [2.45, 2.75) is 6.61 Å². The van der Waals surface area contributed by atoms with Crippen molar-refractivity contribution in [2.24, 2.45) is 0 Å². The van der Waals surface area contributed by atoms with E-state index in [4.69, 9.17) is 33.7 Å². The number of nitrogen functional groups attached to an aromatic ring is 1. The third-order valence-electron chi connectivity index (χ3n) is 2.60. The molecule has 20 heavy (non-hydrogen) atoms. The topological polar surface area (TPSA) is 52.3 Å². The molecule has 0 unspecified atom stereocenters. The lowest BCUT2D eigenvalue weighted by Crippen LogP contribution is -2.08. The van der Waals surface area contributed by atoms with E-state index in [0.717, 1.165) is 12.1 Å². The molecule has 0 fully saturated rings. The minimum Gasteiger partial charge on any atom is -0.457 e. The molecule has 0 saturated heterocycles. The van der Waals surface area contributed by atoms with Crippen LogP contribution < -0.4 is 5.73 Å². The van der Waals surface area contributed by atoms with Crippen molar-refractivity contribution >= 4 is 34.9 Å².